The van der Waals surface area contributed by atoms with Crippen LogP contribution in [0.5, 0.6) is 0 Å². The zero-order chi connectivity index (χ0) is 43.1. The molecule has 15 atom stereocenters. The Labute approximate surface area is 344 Å². The molecule has 0 radical (unpaired) electrons. The highest BCUT2D eigenvalue weighted by molar-refractivity contribution is 6.39. The number of alkyl halides is 1. The van der Waals surface area contributed by atoms with Crippen molar-refractivity contribution >= 4 is 23.4 Å². The Balaban J connectivity index is 1.78. The fraction of sp³-hybridized carbons (Fsp3) is 0.818. The number of nitrogens with zero attached hydrogens (tertiary/aromatic N) is 1. The monoisotopic (exact) mass is 823 g/mol. The first kappa shape index (κ1) is 48.1. The van der Waals surface area contributed by atoms with Gasteiger partial charge < -0.3 is 44.1 Å². The molecule has 3 fully saturated rings. The van der Waals surface area contributed by atoms with Gasteiger partial charge in [0.1, 0.15) is 30.2 Å². The minimum atomic E-state index is -2.59. The van der Waals surface area contributed by atoms with Crippen molar-refractivity contribution < 1.29 is 57.5 Å². The molecule has 1 saturated carbocycles. The van der Waals surface area contributed by atoms with Crippen molar-refractivity contribution in [1.29, 1.82) is 0 Å². The number of ketones is 2. The number of piperidine rings is 1. The Morgan fingerprint density at radius 3 is 2.28 bits per heavy atom. The predicted molar refractivity (Wildman–Crippen MR) is 215 cm³/mol. The third-order valence-electron chi connectivity index (χ3n) is 13.5. The molecule has 3 aliphatic heterocycles. The molecule has 13 nitrogen and oxygen atoms in total. The van der Waals surface area contributed by atoms with Crippen LogP contribution in [-0.4, -0.2) is 134 Å². The van der Waals surface area contributed by atoms with Crippen LogP contribution in [-0.2, 0) is 42.9 Å². The number of ether oxygens (including phenoxy) is 5. The number of methoxy groups -OCH3 is 3. The van der Waals surface area contributed by atoms with Gasteiger partial charge in [0.15, 0.2) is 0 Å². The lowest BCUT2D eigenvalue weighted by Gasteiger charge is -2.47. The van der Waals surface area contributed by atoms with E-state index in [-0.39, 0.29) is 56.1 Å². The minimum Gasteiger partial charge on any atom is -0.456 e. The molecule has 2 saturated heterocycles. The van der Waals surface area contributed by atoms with Gasteiger partial charge in [-0.15, -0.1) is 0 Å². The third kappa shape index (κ3) is 10.8. The number of aliphatic hydroxyl groups excluding tert-OH is 1. The van der Waals surface area contributed by atoms with Crippen LogP contribution in [0.4, 0.5) is 4.39 Å². The molecule has 4 aliphatic rings. The summed E-state index contributed by atoms with van der Waals surface area (Å²) in [5.74, 6) is -8.80. The second-order valence-corrected chi connectivity index (χ2v) is 17.5. The zero-order valence-electron chi connectivity index (χ0n) is 36.4. The Bertz CT molecular complexity index is 1490. The maximum atomic E-state index is 16.2. The second kappa shape index (κ2) is 21.3. The molecule has 3 heterocycles. The van der Waals surface area contributed by atoms with Gasteiger partial charge in [-0.1, -0.05) is 39.8 Å². The van der Waals surface area contributed by atoms with Crippen molar-refractivity contribution in [3.05, 3.63) is 23.3 Å². The van der Waals surface area contributed by atoms with Crippen molar-refractivity contribution in [2.45, 2.75) is 166 Å². The predicted octanol–water partition coefficient (Wildman–Crippen LogP) is 4.65. The number of Topliss-reactive ketones (excluding diaryl/α,β-unsaturated/α-hetero) is 2. The number of carbonyl (C=O) groups excluding carboxylic acids is 4. The van der Waals surface area contributed by atoms with Crippen LogP contribution in [0.3, 0.4) is 0 Å². The molecular weight excluding hydrogens is 751 g/mol. The summed E-state index contributed by atoms with van der Waals surface area (Å²) in [7, 11) is 6.48. The minimum absolute atomic E-state index is 0.0328. The Morgan fingerprint density at radius 1 is 1.00 bits per heavy atom. The number of aliphatic hydroxyl groups is 2. The molecule has 2 bridgehead atoms. The van der Waals surface area contributed by atoms with E-state index >= 15 is 4.39 Å². The van der Waals surface area contributed by atoms with Crippen molar-refractivity contribution in [3.8, 4) is 0 Å². The van der Waals surface area contributed by atoms with Gasteiger partial charge in [-0.3, -0.25) is 14.4 Å². The van der Waals surface area contributed by atoms with E-state index in [1.807, 2.05) is 27.0 Å². The summed E-state index contributed by atoms with van der Waals surface area (Å²) < 4.78 is 46.0. The molecule has 0 aromatic rings. The summed E-state index contributed by atoms with van der Waals surface area (Å²) >= 11 is 0. The van der Waals surface area contributed by atoms with E-state index in [4.69, 9.17) is 23.7 Å². The molecule has 15 unspecified atom stereocenters. The van der Waals surface area contributed by atoms with Gasteiger partial charge in [0.05, 0.1) is 24.4 Å². The van der Waals surface area contributed by atoms with Gasteiger partial charge in [-0.25, -0.2) is 9.18 Å². The summed E-state index contributed by atoms with van der Waals surface area (Å²) in [4.78, 5) is 57.8. The number of hydrogen-bond donors (Lipinski definition) is 3. The van der Waals surface area contributed by atoms with E-state index in [9.17, 15) is 29.4 Å². The number of rotatable bonds is 7. The summed E-state index contributed by atoms with van der Waals surface area (Å²) in [6.07, 6.45) is 1.47. The van der Waals surface area contributed by atoms with Gasteiger partial charge in [0, 0.05) is 58.1 Å². The van der Waals surface area contributed by atoms with Crippen LogP contribution in [0.25, 0.3) is 0 Å². The molecule has 0 aromatic carbocycles. The van der Waals surface area contributed by atoms with Crippen molar-refractivity contribution in [1.82, 2.24) is 10.2 Å². The van der Waals surface area contributed by atoms with E-state index in [0.717, 1.165) is 24.2 Å². The van der Waals surface area contributed by atoms with Gasteiger partial charge in [0.2, 0.25) is 5.79 Å². The maximum absolute atomic E-state index is 16.2. The first-order chi connectivity index (χ1) is 27.4. The van der Waals surface area contributed by atoms with E-state index in [2.05, 4.69) is 5.32 Å². The number of fused-ring (bicyclic) bond motifs is 3. The van der Waals surface area contributed by atoms with E-state index in [1.165, 1.54) is 14.2 Å². The summed E-state index contributed by atoms with van der Waals surface area (Å²) in [5.41, 5.74) is 1.03. The van der Waals surface area contributed by atoms with Crippen LogP contribution < -0.4 is 5.32 Å². The van der Waals surface area contributed by atoms with E-state index in [0.29, 0.717) is 30.4 Å². The third-order valence-corrected chi connectivity index (χ3v) is 13.5. The molecule has 58 heavy (non-hydrogen) atoms. The largest absolute Gasteiger partial charge is 0.456 e. The lowest BCUT2D eigenvalue weighted by atomic mass is 9.81. The maximum Gasteiger partial charge on any atom is 0.329 e. The first-order valence-corrected chi connectivity index (χ1v) is 21.4. The highest BCUT2D eigenvalue weighted by Crippen LogP contribution is 2.39. The van der Waals surface area contributed by atoms with Crippen molar-refractivity contribution in [3.63, 3.8) is 0 Å². The normalized spacial score (nSPS) is 41.8. The Hall–Kier alpha value is -2.59. The molecule has 14 heteroatoms. The van der Waals surface area contributed by atoms with Crippen LogP contribution in [0, 0.1) is 29.6 Å². The number of allylic oxidation sites excluding steroid dienone is 3. The van der Waals surface area contributed by atoms with E-state index < -0.39 is 89.9 Å². The standard InChI is InChI=1S/C44H71FN2O11/c1-11-30-19-24(2)38(45)25(3)20-36(55-9)40-37(56-10)21-27(5)44(53,58-40)41(50)42(51)47-17-13-12-14-32(47)43(52)57-39(28(6)33(48)23-34(30)49)26(4)18-29-15-16-31(46-7)35(22-29)54-8/h18-19,25,27-33,35-40,46,48,53H,11-17,20-23H2,1-10H3/b24-19+,26-18?. The van der Waals surface area contributed by atoms with Crippen LogP contribution in [0.15, 0.2) is 23.3 Å². The fourth-order valence-electron chi connectivity index (χ4n) is 9.65. The molecule has 3 N–H and O–H groups in total. The SMILES string of the molecule is CCC1/C=C(\C)C(F)C(C)CC(OC)C2OC(O)(C(=O)C(=O)N3CCCCC3C(=O)OC(C(C)=CC3CCC(NC)C(OC)C3)C(C)C(O)CC1=O)C(C)CC2OC. The molecule has 0 spiro atoms. The van der Waals surface area contributed by atoms with Crippen LogP contribution in [0.1, 0.15) is 106 Å². The quantitative estimate of drug-likeness (QED) is 0.185. The van der Waals surface area contributed by atoms with Crippen molar-refractivity contribution in [2.24, 2.45) is 29.6 Å². The molecule has 1 amide bonds. The van der Waals surface area contributed by atoms with Gasteiger partial charge in [-0.05, 0) is 102 Å². The molecule has 330 valence electrons. The fourth-order valence-corrected chi connectivity index (χ4v) is 9.65. The highest BCUT2D eigenvalue weighted by Gasteiger charge is 2.57. The number of likely N-dealkylation sites (N-methyl/N-ethyl adjacent to an activating group) is 1. The first-order valence-electron chi connectivity index (χ1n) is 21.4. The molecule has 4 rings (SSSR count). The van der Waals surface area contributed by atoms with Gasteiger partial charge >= 0.3 is 5.97 Å². The van der Waals surface area contributed by atoms with Crippen molar-refractivity contribution in [2.75, 3.05) is 34.9 Å². The lowest BCUT2D eigenvalue weighted by molar-refractivity contribution is -0.302. The van der Waals surface area contributed by atoms with Crippen LogP contribution in [0.2, 0.25) is 0 Å². The number of carbonyl (C=O) groups is 4. The molecule has 0 aromatic heterocycles. The summed E-state index contributed by atoms with van der Waals surface area (Å²) in [6, 6.07) is -0.957. The average molecular weight is 823 g/mol. The second-order valence-electron chi connectivity index (χ2n) is 17.5. The number of amides is 1. The van der Waals surface area contributed by atoms with Crippen LogP contribution >= 0.6 is 0 Å². The van der Waals surface area contributed by atoms with E-state index in [1.54, 1.807) is 40.9 Å². The Morgan fingerprint density at radius 2 is 1.66 bits per heavy atom. The molecule has 1 aliphatic carbocycles. The number of esters is 1. The highest BCUT2D eigenvalue weighted by atomic mass is 19.1. The zero-order valence-corrected chi connectivity index (χ0v) is 36.4. The number of hydrogen-bond acceptors (Lipinski definition) is 12. The van der Waals surface area contributed by atoms with Gasteiger partial charge in [0.25, 0.3) is 11.7 Å². The summed E-state index contributed by atoms with van der Waals surface area (Å²) in [5, 5.41) is 27.0. The lowest BCUT2D eigenvalue weighted by Crippen LogP contribution is -2.64. The average Bonchev–Trinajstić information content (AvgIpc) is 3.22. The topological polar surface area (TPSA) is 170 Å². The number of halogens is 1. The number of cyclic esters (lactones) is 1. The Kier molecular flexibility index (Phi) is 17.6. The summed E-state index contributed by atoms with van der Waals surface area (Å²) in [6.45, 7) is 10.4. The smallest absolute Gasteiger partial charge is 0.329 e. The van der Waals surface area contributed by atoms with Gasteiger partial charge in [-0.2, -0.15) is 0 Å². The number of nitrogens with one attached hydrogen (secondary N) is 1. The molecular formula is C44H71FN2O11.